The normalized spacial score (nSPS) is 17.0. The summed E-state index contributed by atoms with van der Waals surface area (Å²) in [6, 6.07) is 13.6. The molecule has 2 aromatic carbocycles. The van der Waals surface area contributed by atoms with E-state index in [2.05, 4.69) is 0 Å². The second kappa shape index (κ2) is 10.3. The van der Waals surface area contributed by atoms with Gasteiger partial charge in [0, 0.05) is 13.0 Å². The van der Waals surface area contributed by atoms with Gasteiger partial charge in [0.05, 0.1) is 15.9 Å². The standard InChI is InChI=1S/C24H21ClF3NO4S2/c25-22-13-14-23(34-22)35(31,32)29-15-3-5-19(29)20(30)12-9-16-7-10-17(11-8-16)33-21-6-2-1-4-18(21)24(26,27)28/h1-2,4,6-8,10-11,13-14,19H,3,5,9,12,15H2/t19-/m0/s1. The third-order valence-electron chi connectivity index (χ3n) is 5.69. The van der Waals surface area contributed by atoms with E-state index in [1.165, 1.54) is 34.6 Å². The largest absolute Gasteiger partial charge is 0.457 e. The van der Waals surface area contributed by atoms with Gasteiger partial charge in [-0.05, 0) is 61.2 Å². The van der Waals surface area contributed by atoms with Crippen LogP contribution in [0.2, 0.25) is 4.34 Å². The van der Waals surface area contributed by atoms with Crippen molar-refractivity contribution < 1.29 is 31.1 Å². The first kappa shape index (κ1) is 25.7. The lowest BCUT2D eigenvalue weighted by atomic mass is 10.0. The van der Waals surface area contributed by atoms with Gasteiger partial charge in [-0.25, -0.2) is 8.42 Å². The summed E-state index contributed by atoms with van der Waals surface area (Å²) in [5, 5.41) is 0. The Bertz CT molecular complexity index is 1310. The zero-order valence-electron chi connectivity index (χ0n) is 18.3. The fraction of sp³-hybridized carbons (Fsp3) is 0.292. The van der Waals surface area contributed by atoms with E-state index in [4.69, 9.17) is 16.3 Å². The highest BCUT2D eigenvalue weighted by atomic mass is 35.5. The van der Waals surface area contributed by atoms with Gasteiger partial charge < -0.3 is 4.74 Å². The molecule has 1 aliphatic heterocycles. The number of nitrogens with zero attached hydrogens (tertiary/aromatic N) is 1. The van der Waals surface area contributed by atoms with Crippen molar-refractivity contribution in [2.75, 3.05) is 6.54 Å². The smallest absolute Gasteiger partial charge is 0.419 e. The van der Waals surface area contributed by atoms with Crippen LogP contribution >= 0.6 is 22.9 Å². The number of Topliss-reactive ketones (excluding diaryl/α,β-unsaturated/α-hetero) is 1. The number of ketones is 1. The van der Waals surface area contributed by atoms with Crippen molar-refractivity contribution in [1.29, 1.82) is 0 Å². The number of ether oxygens (including phenoxy) is 1. The fourth-order valence-electron chi connectivity index (χ4n) is 3.98. The van der Waals surface area contributed by atoms with Gasteiger partial charge in [0.1, 0.15) is 15.7 Å². The van der Waals surface area contributed by atoms with E-state index in [1.807, 2.05) is 0 Å². The van der Waals surface area contributed by atoms with E-state index in [9.17, 15) is 26.4 Å². The summed E-state index contributed by atoms with van der Waals surface area (Å²) in [5.74, 6) is -0.231. The van der Waals surface area contributed by atoms with Gasteiger partial charge in [-0.3, -0.25) is 4.79 Å². The van der Waals surface area contributed by atoms with E-state index in [1.54, 1.807) is 24.3 Å². The molecule has 0 unspecified atom stereocenters. The van der Waals surface area contributed by atoms with Crippen LogP contribution in [0.4, 0.5) is 13.2 Å². The summed E-state index contributed by atoms with van der Waals surface area (Å²) < 4.78 is 72.5. The van der Waals surface area contributed by atoms with Crippen LogP contribution in [0.5, 0.6) is 11.5 Å². The van der Waals surface area contributed by atoms with Crippen molar-refractivity contribution in [1.82, 2.24) is 4.31 Å². The maximum absolute atomic E-state index is 13.2. The number of sulfonamides is 1. The summed E-state index contributed by atoms with van der Waals surface area (Å²) in [5.41, 5.74) is -0.0807. The van der Waals surface area contributed by atoms with Gasteiger partial charge >= 0.3 is 6.18 Å². The van der Waals surface area contributed by atoms with Crippen LogP contribution in [0.3, 0.4) is 0 Å². The average Bonchev–Trinajstić information content (AvgIpc) is 3.48. The number of halogens is 4. The van der Waals surface area contributed by atoms with Crippen molar-refractivity contribution in [3.05, 3.63) is 76.1 Å². The Morgan fingerprint density at radius 3 is 2.46 bits per heavy atom. The van der Waals surface area contributed by atoms with Crippen molar-refractivity contribution in [2.24, 2.45) is 0 Å². The summed E-state index contributed by atoms with van der Waals surface area (Å²) in [6.45, 7) is 0.277. The first-order chi connectivity index (χ1) is 16.6. The quantitative estimate of drug-likeness (QED) is 0.322. The number of aryl methyl sites for hydroxylation is 1. The maximum Gasteiger partial charge on any atom is 0.419 e. The molecule has 4 rings (SSSR count). The van der Waals surface area contributed by atoms with Crippen molar-refractivity contribution in [3.63, 3.8) is 0 Å². The molecule has 0 amide bonds. The van der Waals surface area contributed by atoms with Crippen LogP contribution in [-0.2, 0) is 27.4 Å². The zero-order chi connectivity index (χ0) is 25.2. The van der Waals surface area contributed by atoms with Crippen molar-refractivity contribution in [2.45, 2.75) is 42.1 Å². The molecule has 1 fully saturated rings. The number of rotatable bonds is 8. The Balaban J connectivity index is 1.38. The van der Waals surface area contributed by atoms with Crippen LogP contribution in [0.15, 0.2) is 64.9 Å². The van der Waals surface area contributed by atoms with E-state index in [0.29, 0.717) is 23.6 Å². The third-order valence-corrected chi connectivity index (χ3v) is 9.30. The molecule has 0 saturated carbocycles. The fourth-order valence-corrected chi connectivity index (χ4v) is 7.27. The average molecular weight is 544 g/mol. The second-order valence-electron chi connectivity index (χ2n) is 8.04. The molecule has 3 aromatic rings. The molecule has 0 bridgehead atoms. The highest BCUT2D eigenvalue weighted by molar-refractivity contribution is 7.91. The van der Waals surface area contributed by atoms with Crippen LogP contribution in [0.1, 0.15) is 30.4 Å². The number of carbonyl (C=O) groups excluding carboxylic acids is 1. The van der Waals surface area contributed by atoms with Gasteiger partial charge in [0.15, 0.2) is 5.78 Å². The summed E-state index contributed by atoms with van der Waals surface area (Å²) >= 11 is 6.84. The number of hydrogen-bond donors (Lipinski definition) is 0. The molecule has 0 radical (unpaired) electrons. The molecular formula is C24H21ClF3NO4S2. The Morgan fingerprint density at radius 2 is 1.80 bits per heavy atom. The van der Waals surface area contributed by atoms with Crippen LogP contribution < -0.4 is 4.74 Å². The molecule has 35 heavy (non-hydrogen) atoms. The molecule has 1 aliphatic rings. The molecule has 186 valence electrons. The van der Waals surface area contributed by atoms with Gasteiger partial charge in [0.25, 0.3) is 10.0 Å². The number of benzene rings is 2. The Labute approximate surface area is 210 Å². The van der Waals surface area contributed by atoms with Crippen LogP contribution in [0, 0.1) is 0 Å². The molecular weight excluding hydrogens is 523 g/mol. The van der Waals surface area contributed by atoms with Crippen molar-refractivity contribution >= 4 is 38.7 Å². The first-order valence-corrected chi connectivity index (χ1v) is 13.4. The van der Waals surface area contributed by atoms with Gasteiger partial charge in [-0.1, -0.05) is 35.9 Å². The lowest BCUT2D eigenvalue weighted by molar-refractivity contribution is -0.138. The number of alkyl halides is 3. The van der Waals surface area contributed by atoms with Crippen LogP contribution in [-0.4, -0.2) is 31.1 Å². The number of para-hydroxylation sites is 1. The van der Waals surface area contributed by atoms with E-state index >= 15 is 0 Å². The summed E-state index contributed by atoms with van der Waals surface area (Å²) in [4.78, 5) is 12.9. The Morgan fingerprint density at radius 1 is 1.09 bits per heavy atom. The number of thiophene rings is 1. The molecule has 11 heteroatoms. The minimum atomic E-state index is -4.53. The molecule has 2 heterocycles. The molecule has 0 aliphatic carbocycles. The summed E-state index contributed by atoms with van der Waals surface area (Å²) in [7, 11) is -3.79. The Hall–Kier alpha value is -2.40. The lowest BCUT2D eigenvalue weighted by Gasteiger charge is -2.22. The Kier molecular flexibility index (Phi) is 7.56. The third kappa shape index (κ3) is 5.88. The molecule has 5 nitrogen and oxygen atoms in total. The molecule has 1 atom stereocenters. The highest BCUT2D eigenvalue weighted by Crippen LogP contribution is 2.38. The monoisotopic (exact) mass is 543 g/mol. The van der Waals surface area contributed by atoms with Crippen LogP contribution in [0.25, 0.3) is 0 Å². The maximum atomic E-state index is 13.2. The van der Waals surface area contributed by atoms with E-state index in [0.717, 1.165) is 23.0 Å². The second-order valence-corrected chi connectivity index (χ2v) is 11.9. The number of carbonyl (C=O) groups is 1. The van der Waals surface area contributed by atoms with E-state index in [-0.39, 0.29) is 34.5 Å². The molecule has 0 N–H and O–H groups in total. The minimum absolute atomic E-state index is 0.116. The first-order valence-electron chi connectivity index (χ1n) is 10.8. The minimum Gasteiger partial charge on any atom is -0.457 e. The summed E-state index contributed by atoms with van der Waals surface area (Å²) in [6.07, 6.45) is -2.97. The number of hydrogen-bond acceptors (Lipinski definition) is 5. The SMILES string of the molecule is O=C(CCc1ccc(Oc2ccccc2C(F)(F)F)cc1)[C@@H]1CCCN1S(=O)(=O)c1ccc(Cl)s1. The predicted molar refractivity (Wildman–Crippen MR) is 128 cm³/mol. The molecule has 0 spiro atoms. The van der Waals surface area contributed by atoms with Gasteiger partial charge in [-0.2, -0.15) is 17.5 Å². The van der Waals surface area contributed by atoms with Gasteiger partial charge in [-0.15, -0.1) is 11.3 Å². The van der Waals surface area contributed by atoms with E-state index < -0.39 is 27.8 Å². The van der Waals surface area contributed by atoms with Crippen molar-refractivity contribution in [3.8, 4) is 11.5 Å². The molecule has 1 aromatic heterocycles. The predicted octanol–water partition coefficient (Wildman–Crippen LogP) is 6.57. The lowest BCUT2D eigenvalue weighted by Crippen LogP contribution is -2.40. The van der Waals surface area contributed by atoms with Gasteiger partial charge in [0.2, 0.25) is 0 Å². The highest BCUT2D eigenvalue weighted by Gasteiger charge is 2.39. The molecule has 1 saturated heterocycles. The zero-order valence-corrected chi connectivity index (χ0v) is 20.7. The topological polar surface area (TPSA) is 63.7 Å².